The molecule has 8 nitrogen and oxygen atoms in total. The van der Waals surface area contributed by atoms with Gasteiger partial charge in [0.15, 0.2) is 0 Å². The number of benzene rings is 1. The molecule has 164 valence electrons. The molecule has 2 heterocycles. The second-order valence-corrected chi connectivity index (χ2v) is 8.19. The number of carbonyl (C=O) groups excluding carboxylic acids is 2. The van der Waals surface area contributed by atoms with Gasteiger partial charge in [0.25, 0.3) is 5.91 Å². The third-order valence-corrected chi connectivity index (χ3v) is 5.81. The Morgan fingerprint density at radius 1 is 1.19 bits per heavy atom. The lowest BCUT2D eigenvalue weighted by Gasteiger charge is -2.38. The Morgan fingerprint density at radius 2 is 1.97 bits per heavy atom. The molecule has 1 aromatic carbocycles. The first-order chi connectivity index (χ1) is 14.8. The number of nitrogens with zero attached hydrogens (tertiary/aromatic N) is 3. The van der Waals surface area contributed by atoms with Gasteiger partial charge in [0.05, 0.1) is 11.6 Å². The monoisotopic (exact) mass is 424 g/mol. The van der Waals surface area contributed by atoms with Crippen molar-refractivity contribution in [1.29, 1.82) is 0 Å². The van der Waals surface area contributed by atoms with Gasteiger partial charge in [-0.25, -0.2) is 4.79 Å². The minimum atomic E-state index is -0.983. The van der Waals surface area contributed by atoms with E-state index in [1.54, 1.807) is 31.3 Å². The van der Waals surface area contributed by atoms with E-state index in [1.807, 2.05) is 24.3 Å². The molecule has 1 aliphatic rings. The molecule has 8 heteroatoms. The molecule has 1 fully saturated rings. The Labute approximate surface area is 181 Å². The van der Waals surface area contributed by atoms with E-state index in [1.165, 1.54) is 11.1 Å². The molecule has 1 saturated heterocycles. The van der Waals surface area contributed by atoms with Crippen LogP contribution in [0.1, 0.15) is 57.1 Å². The molecule has 2 aromatic rings. The predicted octanol–water partition coefficient (Wildman–Crippen LogP) is 2.95. The average Bonchev–Trinajstić information content (AvgIpc) is 2.77. The van der Waals surface area contributed by atoms with Crippen molar-refractivity contribution in [1.82, 2.24) is 14.8 Å². The van der Waals surface area contributed by atoms with Gasteiger partial charge in [-0.3, -0.25) is 14.6 Å². The van der Waals surface area contributed by atoms with Crippen LogP contribution in [0, 0.1) is 5.92 Å². The lowest BCUT2D eigenvalue weighted by Crippen LogP contribution is -2.40. The van der Waals surface area contributed by atoms with E-state index < -0.39 is 12.0 Å². The number of rotatable bonds is 6. The molecule has 2 unspecified atom stereocenters. The number of carboxylic acid groups (broad SMARTS) is 1. The van der Waals surface area contributed by atoms with Crippen LogP contribution in [0.25, 0.3) is 0 Å². The van der Waals surface area contributed by atoms with Crippen molar-refractivity contribution in [3.05, 3.63) is 65.0 Å². The van der Waals surface area contributed by atoms with Crippen molar-refractivity contribution in [3.8, 4) is 0 Å². The van der Waals surface area contributed by atoms with Crippen molar-refractivity contribution in [3.63, 3.8) is 0 Å². The third kappa shape index (κ3) is 5.39. The summed E-state index contributed by atoms with van der Waals surface area (Å²) in [6.45, 7) is 0.421. The van der Waals surface area contributed by atoms with Gasteiger partial charge in [-0.2, -0.15) is 0 Å². The fraction of sp³-hybridized carbons (Fsp3) is 0.391. The molecule has 0 aliphatic carbocycles. The maximum atomic E-state index is 12.2. The first kappa shape index (κ1) is 22.3. The van der Waals surface area contributed by atoms with Crippen LogP contribution in [-0.2, 0) is 6.42 Å². The summed E-state index contributed by atoms with van der Waals surface area (Å²) >= 11 is 0. The number of nitrogens with two attached hydrogens (primary N) is 1. The molecule has 0 spiro atoms. The fourth-order valence-corrected chi connectivity index (χ4v) is 4.11. The van der Waals surface area contributed by atoms with Crippen LogP contribution in [0.5, 0.6) is 0 Å². The molecule has 0 radical (unpaired) electrons. The molecule has 0 bridgehead atoms. The number of piperidine rings is 1. The van der Waals surface area contributed by atoms with Crippen LogP contribution in [-0.4, -0.2) is 58.4 Å². The first-order valence-electron chi connectivity index (χ1n) is 10.3. The molecule has 1 aliphatic heterocycles. The highest BCUT2D eigenvalue weighted by Gasteiger charge is 2.33. The highest BCUT2D eigenvalue weighted by Crippen LogP contribution is 2.36. The van der Waals surface area contributed by atoms with Gasteiger partial charge in [0, 0.05) is 38.6 Å². The average molecular weight is 425 g/mol. The summed E-state index contributed by atoms with van der Waals surface area (Å²) in [5.41, 5.74) is 8.06. The summed E-state index contributed by atoms with van der Waals surface area (Å²) in [7, 11) is 3.46. The summed E-state index contributed by atoms with van der Waals surface area (Å²) in [4.78, 5) is 42.5. The van der Waals surface area contributed by atoms with Crippen LogP contribution in [0.3, 0.4) is 0 Å². The molecule has 31 heavy (non-hydrogen) atoms. The maximum Gasteiger partial charge on any atom is 0.407 e. The van der Waals surface area contributed by atoms with Gasteiger partial charge in [-0.15, -0.1) is 0 Å². The van der Waals surface area contributed by atoms with E-state index in [0.717, 1.165) is 24.8 Å². The molecule has 1 aromatic heterocycles. The number of amides is 3. The standard InChI is InChI=1S/C23H28N4O4/c1-26(2)22(29)17-5-3-4-15(10-17)6-7-16-8-9-27(23(30)31)20(11-16)18-12-19(21(24)28)14-25-13-18/h3-5,10,12-14,16,20H,6-9,11H2,1-2H3,(H2,24,28)(H,30,31). The van der Waals surface area contributed by atoms with E-state index in [9.17, 15) is 19.5 Å². The van der Waals surface area contributed by atoms with Crippen LogP contribution >= 0.6 is 0 Å². The molecule has 0 saturated carbocycles. The zero-order valence-electron chi connectivity index (χ0n) is 17.8. The van der Waals surface area contributed by atoms with Gasteiger partial charge < -0.3 is 20.6 Å². The van der Waals surface area contributed by atoms with Gasteiger partial charge in [-0.05, 0) is 60.9 Å². The number of aromatic nitrogens is 1. The van der Waals surface area contributed by atoms with E-state index >= 15 is 0 Å². The van der Waals surface area contributed by atoms with Crippen LogP contribution in [0.2, 0.25) is 0 Å². The largest absolute Gasteiger partial charge is 0.465 e. The normalized spacial score (nSPS) is 18.5. The number of carbonyl (C=O) groups is 3. The second kappa shape index (κ2) is 9.59. The Morgan fingerprint density at radius 3 is 2.65 bits per heavy atom. The molecule has 3 N–H and O–H groups in total. The second-order valence-electron chi connectivity index (χ2n) is 8.19. The Kier molecular flexibility index (Phi) is 6.89. The lowest BCUT2D eigenvalue weighted by molar-refractivity contribution is 0.0826. The molecule has 3 amide bonds. The van der Waals surface area contributed by atoms with Gasteiger partial charge in [0.2, 0.25) is 5.91 Å². The van der Waals surface area contributed by atoms with E-state index in [0.29, 0.717) is 30.0 Å². The maximum absolute atomic E-state index is 12.2. The summed E-state index contributed by atoms with van der Waals surface area (Å²) in [6.07, 6.45) is 5.10. The lowest BCUT2D eigenvalue weighted by atomic mass is 9.84. The highest BCUT2D eigenvalue weighted by molar-refractivity contribution is 5.94. The molecule has 2 atom stereocenters. The topological polar surface area (TPSA) is 117 Å². The summed E-state index contributed by atoms with van der Waals surface area (Å²) in [6, 6.07) is 8.90. The van der Waals surface area contributed by atoms with Crippen molar-refractivity contribution in [2.45, 2.75) is 31.7 Å². The zero-order valence-corrected chi connectivity index (χ0v) is 17.8. The smallest absolute Gasteiger partial charge is 0.407 e. The minimum Gasteiger partial charge on any atom is -0.465 e. The van der Waals surface area contributed by atoms with E-state index in [-0.39, 0.29) is 17.5 Å². The SMILES string of the molecule is CN(C)C(=O)c1cccc(CCC2CCN(C(=O)O)C(c3cncc(C(N)=O)c3)C2)c1. The fourth-order valence-electron chi connectivity index (χ4n) is 4.11. The summed E-state index contributed by atoms with van der Waals surface area (Å²) < 4.78 is 0. The zero-order chi connectivity index (χ0) is 22.5. The number of aryl methyl sites for hydroxylation is 1. The number of likely N-dealkylation sites (tertiary alicyclic amines) is 1. The Hall–Kier alpha value is -3.42. The molecular formula is C23H28N4O4. The number of primary amides is 1. The number of hydrogen-bond donors (Lipinski definition) is 2. The predicted molar refractivity (Wildman–Crippen MR) is 116 cm³/mol. The van der Waals surface area contributed by atoms with Gasteiger partial charge in [0.1, 0.15) is 0 Å². The first-order valence-corrected chi connectivity index (χ1v) is 10.3. The number of hydrogen-bond acceptors (Lipinski definition) is 4. The summed E-state index contributed by atoms with van der Waals surface area (Å²) in [5, 5.41) is 9.65. The minimum absolute atomic E-state index is 0.0292. The summed E-state index contributed by atoms with van der Waals surface area (Å²) in [5.74, 6) is -0.305. The van der Waals surface area contributed by atoms with Crippen LogP contribution < -0.4 is 5.73 Å². The van der Waals surface area contributed by atoms with E-state index in [4.69, 9.17) is 5.73 Å². The Bertz CT molecular complexity index is 976. The van der Waals surface area contributed by atoms with Crippen LogP contribution in [0.4, 0.5) is 4.79 Å². The molecule has 3 rings (SSSR count). The van der Waals surface area contributed by atoms with Crippen molar-refractivity contribution < 1.29 is 19.5 Å². The molecular weight excluding hydrogens is 396 g/mol. The van der Waals surface area contributed by atoms with E-state index in [2.05, 4.69) is 4.98 Å². The van der Waals surface area contributed by atoms with Crippen LogP contribution in [0.15, 0.2) is 42.7 Å². The van der Waals surface area contributed by atoms with Gasteiger partial charge >= 0.3 is 6.09 Å². The number of pyridine rings is 1. The van der Waals surface area contributed by atoms with Crippen molar-refractivity contribution in [2.24, 2.45) is 11.7 Å². The highest BCUT2D eigenvalue weighted by atomic mass is 16.4. The van der Waals surface area contributed by atoms with Crippen molar-refractivity contribution in [2.75, 3.05) is 20.6 Å². The third-order valence-electron chi connectivity index (χ3n) is 5.81. The quantitative estimate of drug-likeness (QED) is 0.739. The van der Waals surface area contributed by atoms with Crippen molar-refractivity contribution >= 4 is 17.9 Å². The Balaban J connectivity index is 1.72. The van der Waals surface area contributed by atoms with Gasteiger partial charge in [-0.1, -0.05) is 12.1 Å².